The van der Waals surface area contributed by atoms with Crippen molar-refractivity contribution in [1.29, 1.82) is 0 Å². The number of carbonyl (C=O) groups excluding carboxylic acids is 1. The highest BCUT2D eigenvalue weighted by Gasteiger charge is 2.58. The van der Waals surface area contributed by atoms with Crippen LogP contribution in [0.3, 0.4) is 0 Å². The van der Waals surface area contributed by atoms with Gasteiger partial charge < -0.3 is 4.74 Å². The van der Waals surface area contributed by atoms with E-state index in [0.717, 1.165) is 48.3 Å². The molecule has 1 amide bonds. The molecule has 4 nitrogen and oxygen atoms in total. The van der Waals surface area contributed by atoms with E-state index in [1.807, 2.05) is 5.06 Å². The summed E-state index contributed by atoms with van der Waals surface area (Å²) in [7, 11) is 0. The summed E-state index contributed by atoms with van der Waals surface area (Å²) in [6, 6.07) is 12.6. The summed E-state index contributed by atoms with van der Waals surface area (Å²) in [6.07, 6.45) is 7.28. The Morgan fingerprint density at radius 1 is 0.931 bits per heavy atom. The second-order valence-electron chi connectivity index (χ2n) is 10.3. The molecule has 4 bridgehead atoms. The van der Waals surface area contributed by atoms with Gasteiger partial charge in [-0.15, -0.1) is 0 Å². The van der Waals surface area contributed by atoms with Crippen LogP contribution in [0.2, 0.25) is 0 Å². The third kappa shape index (κ3) is 2.27. The molecule has 2 atom stereocenters. The third-order valence-corrected chi connectivity index (χ3v) is 8.50. The van der Waals surface area contributed by atoms with E-state index < -0.39 is 0 Å². The van der Waals surface area contributed by atoms with Gasteiger partial charge in [0.15, 0.2) is 0 Å². The summed E-state index contributed by atoms with van der Waals surface area (Å²) in [5.74, 6) is 3.67. The Morgan fingerprint density at radius 3 is 2.41 bits per heavy atom. The lowest BCUT2D eigenvalue weighted by molar-refractivity contribution is -0.201. The molecule has 0 spiro atoms. The van der Waals surface area contributed by atoms with Crippen molar-refractivity contribution in [3.8, 4) is 5.75 Å². The number of ether oxygens (including phenoxy) is 1. The maximum absolute atomic E-state index is 14.1. The maximum atomic E-state index is 14.1. The zero-order valence-corrected chi connectivity index (χ0v) is 16.7. The van der Waals surface area contributed by atoms with Crippen molar-refractivity contribution in [2.24, 2.45) is 29.1 Å². The van der Waals surface area contributed by atoms with Crippen LogP contribution < -0.4 is 4.74 Å². The van der Waals surface area contributed by atoms with Gasteiger partial charge in [0.2, 0.25) is 0 Å². The molecule has 0 aromatic heterocycles. The molecule has 6 aliphatic rings. The van der Waals surface area contributed by atoms with Crippen LogP contribution >= 0.6 is 0 Å². The molecule has 4 aliphatic carbocycles. The molecular weight excluding hydrogens is 362 g/mol. The van der Waals surface area contributed by atoms with Crippen LogP contribution in [-0.4, -0.2) is 24.2 Å². The Bertz CT molecular complexity index is 979. The molecule has 0 unspecified atom stereocenters. The fourth-order valence-electron chi connectivity index (χ4n) is 7.73. The van der Waals surface area contributed by atoms with Gasteiger partial charge in [-0.1, -0.05) is 30.3 Å². The molecule has 2 aromatic rings. The largest absolute Gasteiger partial charge is 0.493 e. The Kier molecular flexibility index (Phi) is 3.31. The molecule has 1 saturated heterocycles. The van der Waals surface area contributed by atoms with Gasteiger partial charge in [-0.2, -0.15) is 0 Å². The van der Waals surface area contributed by atoms with Crippen molar-refractivity contribution in [2.75, 3.05) is 13.2 Å². The van der Waals surface area contributed by atoms with Gasteiger partial charge in [-0.25, -0.2) is 5.06 Å². The van der Waals surface area contributed by atoms with Gasteiger partial charge in [0.1, 0.15) is 5.75 Å². The van der Waals surface area contributed by atoms with Crippen LogP contribution in [0.15, 0.2) is 36.4 Å². The summed E-state index contributed by atoms with van der Waals surface area (Å²) in [6.45, 7) is 1.20. The molecule has 150 valence electrons. The lowest BCUT2D eigenvalue weighted by Gasteiger charge is -2.56. The second-order valence-corrected chi connectivity index (χ2v) is 10.3. The summed E-state index contributed by atoms with van der Waals surface area (Å²) in [5, 5.41) is 4.20. The molecule has 8 rings (SSSR count). The minimum Gasteiger partial charge on any atom is -0.493 e. The maximum Gasteiger partial charge on any atom is 0.252 e. The lowest BCUT2D eigenvalue weighted by Crippen LogP contribution is -2.54. The highest BCUT2D eigenvalue weighted by Crippen LogP contribution is 2.61. The van der Waals surface area contributed by atoms with Crippen LogP contribution in [0, 0.1) is 29.1 Å². The molecule has 2 heterocycles. The molecule has 4 saturated carbocycles. The third-order valence-electron chi connectivity index (χ3n) is 8.50. The number of amides is 1. The Hall–Kier alpha value is -2.07. The zero-order chi connectivity index (χ0) is 19.2. The van der Waals surface area contributed by atoms with E-state index in [9.17, 15) is 4.79 Å². The van der Waals surface area contributed by atoms with Crippen LogP contribution in [0.5, 0.6) is 5.75 Å². The summed E-state index contributed by atoms with van der Waals surface area (Å²) >= 11 is 0. The molecule has 2 aliphatic heterocycles. The van der Waals surface area contributed by atoms with Gasteiger partial charge in [-0.05, 0) is 73.1 Å². The number of carbonyl (C=O) groups is 1. The SMILES string of the molecule is O=C(N1OC[C@@H]2COc3ccc4ccccc4c3[C@@H]21)C12CC3CC(CC(C3)C1)C2. The highest BCUT2D eigenvalue weighted by molar-refractivity contribution is 5.90. The van der Waals surface area contributed by atoms with Crippen LogP contribution in [-0.2, 0) is 9.63 Å². The average Bonchev–Trinajstić information content (AvgIpc) is 3.16. The highest BCUT2D eigenvalue weighted by atomic mass is 16.7. The average molecular weight is 389 g/mol. The van der Waals surface area contributed by atoms with Crippen LogP contribution in [0.4, 0.5) is 0 Å². The van der Waals surface area contributed by atoms with Crippen molar-refractivity contribution < 1.29 is 14.4 Å². The van der Waals surface area contributed by atoms with E-state index in [1.54, 1.807) is 0 Å². The molecular formula is C25H27NO3. The van der Waals surface area contributed by atoms with Crippen molar-refractivity contribution in [3.05, 3.63) is 42.0 Å². The van der Waals surface area contributed by atoms with Crippen molar-refractivity contribution >= 4 is 16.7 Å². The van der Waals surface area contributed by atoms with Crippen molar-refractivity contribution in [3.63, 3.8) is 0 Å². The topological polar surface area (TPSA) is 38.8 Å². The number of hydrogen-bond acceptors (Lipinski definition) is 3. The monoisotopic (exact) mass is 389 g/mol. The molecule has 0 N–H and O–H groups in total. The number of hydroxylamine groups is 2. The quantitative estimate of drug-likeness (QED) is 0.698. The minimum absolute atomic E-state index is 0.0228. The number of nitrogens with zero attached hydrogens (tertiary/aromatic N) is 1. The lowest BCUT2D eigenvalue weighted by atomic mass is 9.49. The first-order chi connectivity index (χ1) is 14.2. The van der Waals surface area contributed by atoms with E-state index >= 15 is 0 Å². The van der Waals surface area contributed by atoms with Gasteiger partial charge in [0, 0.05) is 11.5 Å². The number of hydrogen-bond donors (Lipinski definition) is 0. The van der Waals surface area contributed by atoms with Crippen molar-refractivity contribution in [2.45, 2.75) is 44.6 Å². The summed E-state index contributed by atoms with van der Waals surface area (Å²) in [5.41, 5.74) is 0.974. The number of benzene rings is 2. The normalized spacial score (nSPS) is 39.3. The molecule has 29 heavy (non-hydrogen) atoms. The first-order valence-corrected chi connectivity index (χ1v) is 11.3. The van der Waals surface area contributed by atoms with Gasteiger partial charge in [0.05, 0.1) is 24.7 Å². The van der Waals surface area contributed by atoms with Gasteiger partial charge in [0.25, 0.3) is 5.91 Å². The van der Waals surface area contributed by atoms with E-state index in [2.05, 4.69) is 36.4 Å². The first kappa shape index (κ1) is 16.7. The predicted molar refractivity (Wildman–Crippen MR) is 109 cm³/mol. The number of rotatable bonds is 1. The van der Waals surface area contributed by atoms with Crippen LogP contribution in [0.25, 0.3) is 10.8 Å². The predicted octanol–water partition coefficient (Wildman–Crippen LogP) is 4.88. The minimum atomic E-state index is -0.174. The number of fused-ring (bicyclic) bond motifs is 5. The molecule has 4 heteroatoms. The Morgan fingerprint density at radius 2 is 1.66 bits per heavy atom. The standard InChI is InChI=1S/C25H27NO3/c27-24(25-10-15-7-16(11-25)9-17(8-15)12-25)26-23-19(14-29-26)13-28-21-6-5-18-3-1-2-4-20(18)22(21)23/h1-6,15-17,19,23H,7-14H2/t15?,16?,17?,19-,23+,25?/m0/s1. The van der Waals surface area contributed by atoms with E-state index in [-0.39, 0.29) is 23.3 Å². The fourth-order valence-corrected chi connectivity index (χ4v) is 7.73. The van der Waals surface area contributed by atoms with Crippen LogP contribution in [0.1, 0.15) is 50.1 Å². The Balaban J connectivity index is 1.32. The van der Waals surface area contributed by atoms with E-state index in [4.69, 9.17) is 9.57 Å². The van der Waals surface area contributed by atoms with Crippen molar-refractivity contribution in [1.82, 2.24) is 5.06 Å². The van der Waals surface area contributed by atoms with E-state index in [0.29, 0.717) is 13.2 Å². The van der Waals surface area contributed by atoms with E-state index in [1.165, 1.54) is 30.0 Å². The van der Waals surface area contributed by atoms with Gasteiger partial charge >= 0.3 is 0 Å². The van der Waals surface area contributed by atoms with Gasteiger partial charge in [-0.3, -0.25) is 9.63 Å². The Labute approximate surface area is 171 Å². The molecule has 0 radical (unpaired) electrons. The first-order valence-electron chi connectivity index (χ1n) is 11.3. The zero-order valence-electron chi connectivity index (χ0n) is 16.7. The summed E-state index contributed by atoms with van der Waals surface area (Å²) in [4.78, 5) is 20.2. The second kappa shape index (κ2) is 5.75. The fraction of sp³-hybridized carbons (Fsp3) is 0.560. The summed E-state index contributed by atoms with van der Waals surface area (Å²) < 4.78 is 6.10. The smallest absolute Gasteiger partial charge is 0.252 e. The molecule has 2 aromatic carbocycles. The molecule has 5 fully saturated rings.